The first-order valence-corrected chi connectivity index (χ1v) is 7.47. The van der Waals surface area contributed by atoms with E-state index in [1.165, 1.54) is 5.56 Å². The number of thiazole rings is 1. The number of hydrogen-bond acceptors (Lipinski definition) is 4. The molecule has 0 aliphatic carbocycles. The minimum absolute atomic E-state index is 0.237. The molecule has 3 nitrogen and oxygen atoms in total. The fraction of sp³-hybridized carbons (Fsp3) is 0.400. The molecule has 2 N–H and O–H groups in total. The van der Waals surface area contributed by atoms with E-state index in [4.69, 9.17) is 5.11 Å². The number of aromatic nitrogens is 1. The summed E-state index contributed by atoms with van der Waals surface area (Å²) in [5.74, 6) is 0. The number of aliphatic hydroxyl groups excluding tert-OH is 1. The van der Waals surface area contributed by atoms with Crippen LogP contribution in [0.5, 0.6) is 0 Å². The Labute approximate surface area is 118 Å². The SMILES string of the molecule is Cc1nc(CNC(CCCO)c2ccccc2)cs1. The molecule has 1 aromatic carbocycles. The van der Waals surface area contributed by atoms with Crippen LogP contribution in [-0.4, -0.2) is 16.7 Å². The Bertz CT molecular complexity index is 484. The van der Waals surface area contributed by atoms with Gasteiger partial charge >= 0.3 is 0 Å². The van der Waals surface area contributed by atoms with E-state index >= 15 is 0 Å². The normalized spacial score (nSPS) is 12.5. The Morgan fingerprint density at radius 2 is 2.11 bits per heavy atom. The molecule has 1 aromatic heterocycles. The fourth-order valence-electron chi connectivity index (χ4n) is 2.08. The van der Waals surface area contributed by atoms with E-state index in [0.29, 0.717) is 0 Å². The molecular weight excluding hydrogens is 256 g/mol. The highest BCUT2D eigenvalue weighted by molar-refractivity contribution is 7.09. The maximum Gasteiger partial charge on any atom is 0.0897 e. The number of rotatable bonds is 7. The lowest BCUT2D eigenvalue weighted by molar-refractivity contribution is 0.274. The summed E-state index contributed by atoms with van der Waals surface area (Å²) in [6.45, 7) is 3.03. The lowest BCUT2D eigenvalue weighted by atomic mass is 10.0. The second-order valence-corrected chi connectivity index (χ2v) is 5.63. The second kappa shape index (κ2) is 7.38. The molecule has 102 valence electrons. The molecule has 0 bridgehead atoms. The quantitative estimate of drug-likeness (QED) is 0.817. The zero-order chi connectivity index (χ0) is 13.5. The average molecular weight is 276 g/mol. The summed E-state index contributed by atoms with van der Waals surface area (Å²) in [4.78, 5) is 4.46. The topological polar surface area (TPSA) is 45.2 Å². The van der Waals surface area contributed by atoms with Gasteiger partial charge in [0.25, 0.3) is 0 Å². The molecule has 2 rings (SSSR count). The molecule has 0 spiro atoms. The van der Waals surface area contributed by atoms with Crippen LogP contribution in [-0.2, 0) is 6.54 Å². The summed E-state index contributed by atoms with van der Waals surface area (Å²) in [7, 11) is 0. The van der Waals surface area contributed by atoms with Crippen LogP contribution in [0.4, 0.5) is 0 Å². The minimum Gasteiger partial charge on any atom is -0.396 e. The van der Waals surface area contributed by atoms with Gasteiger partial charge in [-0.3, -0.25) is 0 Å². The molecule has 0 amide bonds. The summed E-state index contributed by atoms with van der Waals surface area (Å²) in [5, 5.41) is 15.7. The van der Waals surface area contributed by atoms with Crippen LogP contribution in [0.1, 0.15) is 35.1 Å². The molecule has 2 aromatic rings. The van der Waals surface area contributed by atoms with Gasteiger partial charge in [0.2, 0.25) is 0 Å². The van der Waals surface area contributed by atoms with Crippen molar-refractivity contribution in [2.24, 2.45) is 0 Å². The van der Waals surface area contributed by atoms with Crippen LogP contribution in [0, 0.1) is 6.92 Å². The van der Waals surface area contributed by atoms with E-state index < -0.39 is 0 Å². The van der Waals surface area contributed by atoms with Gasteiger partial charge < -0.3 is 10.4 Å². The molecule has 1 heterocycles. The Hall–Kier alpha value is -1.23. The number of aliphatic hydroxyl groups is 1. The van der Waals surface area contributed by atoms with Gasteiger partial charge in [-0.1, -0.05) is 30.3 Å². The molecule has 0 fully saturated rings. The van der Waals surface area contributed by atoms with E-state index in [9.17, 15) is 0 Å². The second-order valence-electron chi connectivity index (χ2n) is 4.57. The van der Waals surface area contributed by atoms with E-state index in [2.05, 4.69) is 39.9 Å². The van der Waals surface area contributed by atoms with Crippen molar-refractivity contribution in [3.05, 3.63) is 52.0 Å². The van der Waals surface area contributed by atoms with Gasteiger partial charge in [-0.05, 0) is 25.3 Å². The van der Waals surface area contributed by atoms with Crippen LogP contribution in [0.25, 0.3) is 0 Å². The third-order valence-corrected chi connectivity index (χ3v) is 3.87. The third kappa shape index (κ3) is 4.42. The predicted molar refractivity (Wildman–Crippen MR) is 79.2 cm³/mol. The molecule has 0 saturated heterocycles. The van der Waals surface area contributed by atoms with Crippen LogP contribution < -0.4 is 5.32 Å². The van der Waals surface area contributed by atoms with Gasteiger partial charge in [-0.25, -0.2) is 4.98 Å². The Morgan fingerprint density at radius 1 is 1.32 bits per heavy atom. The molecule has 4 heteroatoms. The highest BCUT2D eigenvalue weighted by atomic mass is 32.1. The van der Waals surface area contributed by atoms with Gasteiger partial charge in [-0.2, -0.15) is 0 Å². The first-order chi connectivity index (χ1) is 9.29. The lowest BCUT2D eigenvalue weighted by Crippen LogP contribution is -2.21. The van der Waals surface area contributed by atoms with Crippen molar-refractivity contribution in [1.82, 2.24) is 10.3 Å². The van der Waals surface area contributed by atoms with Crippen LogP contribution >= 0.6 is 11.3 Å². The minimum atomic E-state index is 0.237. The largest absolute Gasteiger partial charge is 0.396 e. The average Bonchev–Trinajstić information content (AvgIpc) is 2.86. The molecule has 0 aliphatic heterocycles. The fourth-order valence-corrected chi connectivity index (χ4v) is 2.70. The maximum absolute atomic E-state index is 9.01. The van der Waals surface area contributed by atoms with Crippen LogP contribution in [0.2, 0.25) is 0 Å². The predicted octanol–water partition coefficient (Wildman–Crippen LogP) is 3.05. The highest BCUT2D eigenvalue weighted by Crippen LogP contribution is 2.19. The Balaban J connectivity index is 1.97. The van der Waals surface area contributed by atoms with Gasteiger partial charge in [0.15, 0.2) is 0 Å². The van der Waals surface area contributed by atoms with E-state index in [1.807, 2.05) is 13.0 Å². The van der Waals surface area contributed by atoms with Crippen molar-refractivity contribution in [3.8, 4) is 0 Å². The Kier molecular flexibility index (Phi) is 5.51. The summed E-state index contributed by atoms with van der Waals surface area (Å²) in [6.07, 6.45) is 1.74. The van der Waals surface area contributed by atoms with Crippen molar-refractivity contribution in [1.29, 1.82) is 0 Å². The smallest absolute Gasteiger partial charge is 0.0897 e. The first-order valence-electron chi connectivity index (χ1n) is 6.60. The molecular formula is C15H20N2OS. The molecule has 1 atom stereocenters. The van der Waals surface area contributed by atoms with Gasteiger partial charge in [-0.15, -0.1) is 11.3 Å². The third-order valence-electron chi connectivity index (χ3n) is 3.05. The summed E-state index contributed by atoms with van der Waals surface area (Å²) in [6, 6.07) is 10.7. The van der Waals surface area contributed by atoms with Crippen LogP contribution in [0.3, 0.4) is 0 Å². The molecule has 0 radical (unpaired) electrons. The standard InChI is InChI=1S/C15H20N2OS/c1-12-17-14(11-19-12)10-16-15(8-5-9-18)13-6-3-2-4-7-13/h2-4,6-7,11,15-16,18H,5,8-10H2,1H3. The van der Waals surface area contributed by atoms with Gasteiger partial charge in [0, 0.05) is 24.6 Å². The van der Waals surface area contributed by atoms with Crippen molar-refractivity contribution in [3.63, 3.8) is 0 Å². The van der Waals surface area contributed by atoms with E-state index in [1.54, 1.807) is 11.3 Å². The first kappa shape index (κ1) is 14.2. The zero-order valence-corrected chi connectivity index (χ0v) is 12.0. The summed E-state index contributed by atoms with van der Waals surface area (Å²) < 4.78 is 0. The zero-order valence-electron chi connectivity index (χ0n) is 11.2. The summed E-state index contributed by atoms with van der Waals surface area (Å²) in [5.41, 5.74) is 2.36. The lowest BCUT2D eigenvalue weighted by Gasteiger charge is -2.18. The number of hydrogen-bond donors (Lipinski definition) is 2. The molecule has 0 saturated carbocycles. The number of nitrogens with one attached hydrogen (secondary N) is 1. The highest BCUT2D eigenvalue weighted by Gasteiger charge is 2.10. The van der Waals surface area contributed by atoms with Crippen molar-refractivity contribution in [2.75, 3.05) is 6.61 Å². The number of nitrogens with zero attached hydrogens (tertiary/aromatic N) is 1. The summed E-state index contributed by atoms with van der Waals surface area (Å²) >= 11 is 1.68. The molecule has 19 heavy (non-hydrogen) atoms. The van der Waals surface area contributed by atoms with Gasteiger partial charge in [0.1, 0.15) is 0 Å². The maximum atomic E-state index is 9.01. The van der Waals surface area contributed by atoms with Crippen molar-refractivity contribution < 1.29 is 5.11 Å². The number of aryl methyl sites for hydroxylation is 1. The van der Waals surface area contributed by atoms with Crippen molar-refractivity contribution >= 4 is 11.3 Å². The monoisotopic (exact) mass is 276 g/mol. The molecule has 0 aliphatic rings. The number of benzene rings is 1. The van der Waals surface area contributed by atoms with Crippen LogP contribution in [0.15, 0.2) is 35.7 Å². The van der Waals surface area contributed by atoms with E-state index in [0.717, 1.165) is 30.1 Å². The molecule has 1 unspecified atom stereocenters. The van der Waals surface area contributed by atoms with Gasteiger partial charge in [0.05, 0.1) is 10.7 Å². The van der Waals surface area contributed by atoms with E-state index in [-0.39, 0.29) is 12.6 Å². The Morgan fingerprint density at radius 3 is 2.74 bits per heavy atom. The van der Waals surface area contributed by atoms with Crippen molar-refractivity contribution in [2.45, 2.75) is 32.4 Å².